The Morgan fingerprint density at radius 1 is 1.21 bits per heavy atom. The fraction of sp³-hybridized carbons (Fsp3) is 0.167. The molecule has 0 saturated carbocycles. The minimum absolute atomic E-state index is 0.0503. The third-order valence-electron chi connectivity index (χ3n) is 3.82. The highest BCUT2D eigenvalue weighted by molar-refractivity contribution is 7.99. The van der Waals surface area contributed by atoms with Gasteiger partial charge in [-0.2, -0.15) is 13.2 Å². The van der Waals surface area contributed by atoms with Gasteiger partial charge in [0, 0.05) is 5.69 Å². The summed E-state index contributed by atoms with van der Waals surface area (Å²) >= 11 is 1.00. The molecular weight excluding hydrogens is 407 g/mol. The molecule has 0 fully saturated rings. The van der Waals surface area contributed by atoms with E-state index in [1.807, 2.05) is 0 Å². The number of amides is 1. The number of aromatic nitrogens is 3. The average Bonchev–Trinajstić information content (AvgIpc) is 3.06. The lowest BCUT2D eigenvalue weighted by molar-refractivity contribution is -0.137. The predicted molar refractivity (Wildman–Crippen MR) is 103 cm³/mol. The number of nitrogen functional groups attached to an aromatic ring is 1. The van der Waals surface area contributed by atoms with Crippen LogP contribution in [0.15, 0.2) is 53.7 Å². The number of alkyl halides is 3. The van der Waals surface area contributed by atoms with Crippen molar-refractivity contribution in [3.63, 3.8) is 0 Å². The number of methoxy groups -OCH3 is 1. The molecule has 3 N–H and O–H groups in total. The molecule has 1 heterocycles. The lowest BCUT2D eigenvalue weighted by atomic mass is 10.2. The number of hydrogen-bond donors (Lipinski definition) is 2. The van der Waals surface area contributed by atoms with Crippen LogP contribution in [0.1, 0.15) is 5.56 Å². The maximum Gasteiger partial charge on any atom is 0.416 e. The van der Waals surface area contributed by atoms with Gasteiger partial charge in [0.05, 0.1) is 24.0 Å². The summed E-state index contributed by atoms with van der Waals surface area (Å²) in [6.07, 6.45) is -4.49. The molecule has 152 valence electrons. The average molecular weight is 423 g/mol. The van der Waals surface area contributed by atoms with Gasteiger partial charge >= 0.3 is 6.18 Å². The van der Waals surface area contributed by atoms with Crippen LogP contribution in [-0.4, -0.2) is 33.6 Å². The zero-order valence-corrected chi connectivity index (χ0v) is 15.9. The highest BCUT2D eigenvalue weighted by Gasteiger charge is 2.30. The topological polar surface area (TPSA) is 95.1 Å². The number of thioether (sulfide) groups is 1. The van der Waals surface area contributed by atoms with Gasteiger partial charge < -0.3 is 15.9 Å². The van der Waals surface area contributed by atoms with Crippen LogP contribution in [0.25, 0.3) is 11.4 Å². The molecule has 7 nitrogen and oxygen atoms in total. The van der Waals surface area contributed by atoms with Crippen LogP contribution in [-0.2, 0) is 11.0 Å². The van der Waals surface area contributed by atoms with Crippen molar-refractivity contribution in [2.24, 2.45) is 0 Å². The summed E-state index contributed by atoms with van der Waals surface area (Å²) in [5.41, 5.74) is -0.161. The molecule has 0 unspecified atom stereocenters. The van der Waals surface area contributed by atoms with E-state index in [1.54, 1.807) is 24.3 Å². The summed E-state index contributed by atoms with van der Waals surface area (Å²) in [6, 6.07) is 11.5. The standard InChI is InChI=1S/C18H16F3N5O2S/c1-28-14-8-3-2-7-13(14)16-24-25-17(26(16)22)29-10-15(27)23-12-6-4-5-11(9-12)18(19,20)21/h2-9H,10,22H2,1H3,(H,23,27). The predicted octanol–water partition coefficient (Wildman–Crippen LogP) is 3.42. The Morgan fingerprint density at radius 2 is 1.97 bits per heavy atom. The van der Waals surface area contributed by atoms with Gasteiger partial charge in [0.15, 0.2) is 5.82 Å². The van der Waals surface area contributed by atoms with Crippen molar-refractivity contribution in [2.75, 3.05) is 24.0 Å². The molecule has 29 heavy (non-hydrogen) atoms. The van der Waals surface area contributed by atoms with E-state index in [4.69, 9.17) is 10.6 Å². The number of nitrogens with two attached hydrogens (primary N) is 1. The first-order valence-corrected chi connectivity index (χ1v) is 9.22. The van der Waals surface area contributed by atoms with Crippen LogP contribution in [0.4, 0.5) is 18.9 Å². The molecule has 0 aliphatic heterocycles. The molecule has 1 amide bonds. The minimum Gasteiger partial charge on any atom is -0.496 e. The number of nitrogens with zero attached hydrogens (tertiary/aromatic N) is 3. The molecule has 2 aromatic carbocycles. The first kappa shape index (κ1) is 20.5. The van der Waals surface area contributed by atoms with E-state index in [2.05, 4.69) is 15.5 Å². The molecule has 0 atom stereocenters. The zero-order valence-electron chi connectivity index (χ0n) is 15.1. The summed E-state index contributed by atoms with van der Waals surface area (Å²) in [5, 5.41) is 10.7. The fourth-order valence-electron chi connectivity index (χ4n) is 2.49. The molecule has 0 radical (unpaired) electrons. The lowest BCUT2D eigenvalue weighted by Gasteiger charge is -2.10. The number of nitrogens with one attached hydrogen (secondary N) is 1. The Morgan fingerprint density at radius 3 is 2.69 bits per heavy atom. The molecule has 3 aromatic rings. The van der Waals surface area contributed by atoms with Gasteiger partial charge in [-0.25, -0.2) is 4.68 Å². The van der Waals surface area contributed by atoms with E-state index >= 15 is 0 Å². The zero-order chi connectivity index (χ0) is 21.0. The number of halogens is 3. The minimum atomic E-state index is -4.49. The highest BCUT2D eigenvalue weighted by Crippen LogP contribution is 2.31. The maximum atomic E-state index is 12.8. The number of anilines is 1. The van der Waals surface area contributed by atoms with Crippen LogP contribution in [0, 0.1) is 0 Å². The van der Waals surface area contributed by atoms with E-state index in [1.165, 1.54) is 23.9 Å². The third-order valence-corrected chi connectivity index (χ3v) is 4.76. The molecule has 11 heteroatoms. The van der Waals surface area contributed by atoms with Gasteiger partial charge in [-0.05, 0) is 30.3 Å². The van der Waals surface area contributed by atoms with Gasteiger partial charge in [-0.15, -0.1) is 10.2 Å². The summed E-state index contributed by atoms with van der Waals surface area (Å²) in [4.78, 5) is 12.1. The number of para-hydroxylation sites is 1. The first-order valence-electron chi connectivity index (χ1n) is 8.23. The van der Waals surface area contributed by atoms with Crippen LogP contribution < -0.4 is 15.9 Å². The Hall–Kier alpha value is -3.21. The quantitative estimate of drug-likeness (QED) is 0.466. The molecule has 1 aromatic heterocycles. The summed E-state index contributed by atoms with van der Waals surface area (Å²) in [5.74, 6) is 6.32. The third kappa shape index (κ3) is 4.80. The Bertz CT molecular complexity index is 1020. The maximum absolute atomic E-state index is 12.8. The van der Waals surface area contributed by atoms with Crippen LogP contribution >= 0.6 is 11.8 Å². The molecule has 0 spiro atoms. The Balaban J connectivity index is 1.67. The normalized spacial score (nSPS) is 11.3. The molecule has 0 aliphatic rings. The van der Waals surface area contributed by atoms with E-state index in [-0.39, 0.29) is 16.6 Å². The van der Waals surface area contributed by atoms with Crippen molar-refractivity contribution in [3.8, 4) is 17.1 Å². The Labute approximate surface area is 168 Å². The van der Waals surface area contributed by atoms with E-state index < -0.39 is 17.6 Å². The van der Waals surface area contributed by atoms with E-state index in [9.17, 15) is 18.0 Å². The monoisotopic (exact) mass is 423 g/mol. The van der Waals surface area contributed by atoms with Gasteiger partial charge in [0.2, 0.25) is 11.1 Å². The van der Waals surface area contributed by atoms with Gasteiger partial charge in [-0.1, -0.05) is 30.0 Å². The molecule has 0 saturated heterocycles. The molecule has 3 rings (SSSR count). The number of ether oxygens (including phenoxy) is 1. The molecular formula is C18H16F3N5O2S. The Kier molecular flexibility index (Phi) is 5.97. The largest absolute Gasteiger partial charge is 0.496 e. The SMILES string of the molecule is COc1ccccc1-c1nnc(SCC(=O)Nc2cccc(C(F)(F)F)c2)n1N. The van der Waals surface area contributed by atoms with Crippen molar-refractivity contribution in [1.29, 1.82) is 0 Å². The van der Waals surface area contributed by atoms with E-state index in [0.29, 0.717) is 17.1 Å². The summed E-state index contributed by atoms with van der Waals surface area (Å²) < 4.78 is 44.8. The van der Waals surface area contributed by atoms with Crippen molar-refractivity contribution < 1.29 is 22.7 Å². The number of hydrogen-bond acceptors (Lipinski definition) is 6. The summed E-state index contributed by atoms with van der Waals surface area (Å²) in [7, 11) is 1.52. The second-order valence-corrected chi connectivity index (χ2v) is 6.73. The van der Waals surface area contributed by atoms with Gasteiger partial charge in [0.1, 0.15) is 5.75 Å². The number of carbonyl (C=O) groups excluding carboxylic acids is 1. The second kappa shape index (κ2) is 8.43. The van der Waals surface area contributed by atoms with Gasteiger partial charge in [0.25, 0.3) is 0 Å². The smallest absolute Gasteiger partial charge is 0.416 e. The van der Waals surface area contributed by atoms with Gasteiger partial charge in [-0.3, -0.25) is 4.79 Å². The second-order valence-electron chi connectivity index (χ2n) is 5.79. The first-order chi connectivity index (χ1) is 13.8. The fourth-order valence-corrected chi connectivity index (χ4v) is 3.15. The van der Waals surface area contributed by atoms with Crippen LogP contribution in [0.3, 0.4) is 0 Å². The van der Waals surface area contributed by atoms with Crippen LogP contribution in [0.2, 0.25) is 0 Å². The molecule has 0 bridgehead atoms. The van der Waals surface area contributed by atoms with Crippen molar-refractivity contribution >= 4 is 23.4 Å². The number of carbonyl (C=O) groups is 1. The van der Waals surface area contributed by atoms with Crippen molar-refractivity contribution in [3.05, 3.63) is 54.1 Å². The van der Waals surface area contributed by atoms with E-state index in [0.717, 1.165) is 23.9 Å². The van der Waals surface area contributed by atoms with Crippen molar-refractivity contribution in [1.82, 2.24) is 14.9 Å². The molecule has 0 aliphatic carbocycles. The lowest BCUT2D eigenvalue weighted by Crippen LogP contribution is -2.17. The van der Waals surface area contributed by atoms with Crippen LogP contribution in [0.5, 0.6) is 5.75 Å². The number of benzene rings is 2. The number of rotatable bonds is 6. The highest BCUT2D eigenvalue weighted by atomic mass is 32.2. The summed E-state index contributed by atoms with van der Waals surface area (Å²) in [6.45, 7) is 0. The van der Waals surface area contributed by atoms with Crippen molar-refractivity contribution in [2.45, 2.75) is 11.3 Å².